The fourth-order valence-electron chi connectivity index (χ4n) is 4.43. The molecule has 8 heteroatoms. The second-order valence-electron chi connectivity index (χ2n) is 8.79. The van der Waals surface area contributed by atoms with Gasteiger partial charge < -0.3 is 19.7 Å². The summed E-state index contributed by atoms with van der Waals surface area (Å²) in [7, 11) is 1.67. The first-order chi connectivity index (χ1) is 16.5. The molecule has 1 N–H and O–H groups in total. The van der Waals surface area contributed by atoms with Crippen LogP contribution >= 0.6 is 0 Å². The second kappa shape index (κ2) is 10.8. The van der Waals surface area contributed by atoms with Gasteiger partial charge in [0.25, 0.3) is 5.91 Å². The number of nitrogens with zero attached hydrogens (tertiary/aromatic N) is 3. The van der Waals surface area contributed by atoms with Gasteiger partial charge in [0.2, 0.25) is 5.91 Å². The average Bonchev–Trinajstić information content (AvgIpc) is 2.86. The van der Waals surface area contributed by atoms with Crippen LogP contribution in [0.15, 0.2) is 42.5 Å². The van der Waals surface area contributed by atoms with Crippen molar-refractivity contribution in [3.8, 4) is 11.5 Å². The fourth-order valence-corrected chi connectivity index (χ4v) is 4.43. The van der Waals surface area contributed by atoms with Crippen LogP contribution in [-0.2, 0) is 9.59 Å². The number of ether oxygens (including phenoxy) is 2. The van der Waals surface area contributed by atoms with Crippen molar-refractivity contribution < 1.29 is 19.1 Å². The van der Waals surface area contributed by atoms with Crippen LogP contribution in [0.5, 0.6) is 11.5 Å². The Morgan fingerprint density at radius 1 is 1.12 bits per heavy atom. The molecule has 2 aromatic carbocycles. The quantitative estimate of drug-likeness (QED) is 0.644. The Labute approximate surface area is 201 Å². The smallest absolute Gasteiger partial charge is 0.268 e. The van der Waals surface area contributed by atoms with Crippen molar-refractivity contribution in [1.29, 1.82) is 0 Å². The lowest BCUT2D eigenvalue weighted by Gasteiger charge is -2.36. The van der Waals surface area contributed by atoms with Gasteiger partial charge in [-0.15, -0.1) is 0 Å². The Balaban J connectivity index is 1.25. The average molecular weight is 467 g/mol. The topological polar surface area (TPSA) is 74.3 Å². The number of carbonyl (C=O) groups is 2. The number of piperazine rings is 1. The summed E-state index contributed by atoms with van der Waals surface area (Å²) in [6.07, 6.45) is 0.0114. The van der Waals surface area contributed by atoms with Gasteiger partial charge >= 0.3 is 0 Å². The van der Waals surface area contributed by atoms with E-state index in [-0.39, 0.29) is 18.4 Å². The number of rotatable bonds is 8. The van der Waals surface area contributed by atoms with Crippen molar-refractivity contribution in [2.45, 2.75) is 26.4 Å². The van der Waals surface area contributed by atoms with Gasteiger partial charge in [-0.1, -0.05) is 13.0 Å². The minimum Gasteiger partial charge on any atom is -0.497 e. The molecule has 34 heavy (non-hydrogen) atoms. The molecule has 0 aliphatic carbocycles. The molecule has 4 rings (SSSR count). The maximum absolute atomic E-state index is 12.9. The number of carbonyl (C=O) groups excluding carboxylic acids is 2. The Morgan fingerprint density at radius 3 is 2.53 bits per heavy atom. The van der Waals surface area contributed by atoms with E-state index in [4.69, 9.17) is 9.47 Å². The molecule has 0 saturated carbocycles. The fraction of sp³-hybridized carbons (Fsp3) is 0.462. The van der Waals surface area contributed by atoms with E-state index < -0.39 is 6.10 Å². The summed E-state index contributed by atoms with van der Waals surface area (Å²) >= 11 is 0. The highest BCUT2D eigenvalue weighted by Gasteiger charge is 2.34. The molecule has 2 heterocycles. The van der Waals surface area contributed by atoms with Gasteiger partial charge in [0, 0.05) is 45.0 Å². The van der Waals surface area contributed by atoms with Crippen LogP contribution in [0.2, 0.25) is 0 Å². The summed E-state index contributed by atoms with van der Waals surface area (Å²) < 4.78 is 11.1. The van der Waals surface area contributed by atoms with Gasteiger partial charge in [0.15, 0.2) is 6.10 Å². The van der Waals surface area contributed by atoms with E-state index in [0.717, 1.165) is 44.0 Å². The normalized spacial score (nSPS) is 18.3. The highest BCUT2D eigenvalue weighted by molar-refractivity contribution is 6.03. The number of anilines is 2. The summed E-state index contributed by atoms with van der Waals surface area (Å²) in [6, 6.07) is 13.9. The Bertz CT molecular complexity index is 1000. The van der Waals surface area contributed by atoms with Crippen molar-refractivity contribution >= 4 is 23.2 Å². The molecule has 2 aliphatic rings. The lowest BCUT2D eigenvalue weighted by atomic mass is 10.1. The van der Waals surface area contributed by atoms with Crippen LogP contribution in [0, 0.1) is 6.92 Å². The minimum atomic E-state index is -0.551. The van der Waals surface area contributed by atoms with Gasteiger partial charge in [-0.05, 0) is 55.3 Å². The number of nitrogens with one attached hydrogen (secondary N) is 1. The van der Waals surface area contributed by atoms with Crippen molar-refractivity contribution in [2.75, 3.05) is 62.7 Å². The highest BCUT2D eigenvalue weighted by atomic mass is 16.5. The van der Waals surface area contributed by atoms with Gasteiger partial charge in [-0.3, -0.25) is 19.4 Å². The first-order valence-electron chi connectivity index (χ1n) is 11.9. The number of hydrogen-bond acceptors (Lipinski definition) is 6. The summed E-state index contributed by atoms with van der Waals surface area (Å²) in [5, 5.41) is 2.99. The number of hydrogen-bond donors (Lipinski definition) is 1. The Hall–Kier alpha value is -3.26. The summed E-state index contributed by atoms with van der Waals surface area (Å²) in [4.78, 5) is 31.8. The molecular formula is C26H34N4O4. The molecule has 2 aromatic rings. The van der Waals surface area contributed by atoms with Crippen LogP contribution in [0.3, 0.4) is 0 Å². The zero-order valence-electron chi connectivity index (χ0n) is 20.3. The SMILES string of the molecule is CCC1Oc2ccc(C)cc2N(CC(=O)NCCN2CCN(c3ccc(OC)cc3)CC2)C1=O. The van der Waals surface area contributed by atoms with Gasteiger partial charge in [-0.2, -0.15) is 0 Å². The van der Waals surface area contributed by atoms with Crippen molar-refractivity contribution in [2.24, 2.45) is 0 Å². The number of amides is 2. The minimum absolute atomic E-state index is 0.000391. The molecule has 2 amide bonds. The molecule has 0 spiro atoms. The van der Waals surface area contributed by atoms with Crippen LogP contribution in [0.25, 0.3) is 0 Å². The first kappa shape index (κ1) is 23.9. The number of fused-ring (bicyclic) bond motifs is 1. The summed E-state index contributed by atoms with van der Waals surface area (Å²) in [5.41, 5.74) is 2.88. The summed E-state index contributed by atoms with van der Waals surface area (Å²) in [5.74, 6) is 1.19. The first-order valence-corrected chi connectivity index (χ1v) is 11.9. The van der Waals surface area contributed by atoms with Gasteiger partial charge in [0.05, 0.1) is 12.8 Å². The predicted molar refractivity (Wildman–Crippen MR) is 133 cm³/mol. The molecule has 0 bridgehead atoms. The standard InChI is InChI=1S/C26H34N4O4/c1-4-23-26(32)30(22-17-19(2)5-10-24(22)34-23)18-25(31)27-11-12-28-13-15-29(16-14-28)20-6-8-21(33-3)9-7-20/h5-10,17,23H,4,11-16,18H2,1-3H3,(H,27,31). The van der Waals surface area contributed by atoms with Gasteiger partial charge in [-0.25, -0.2) is 0 Å². The molecular weight excluding hydrogens is 432 g/mol. The van der Waals surface area contributed by atoms with E-state index in [2.05, 4.69) is 27.2 Å². The van der Waals surface area contributed by atoms with E-state index in [1.54, 1.807) is 12.0 Å². The number of methoxy groups -OCH3 is 1. The van der Waals surface area contributed by atoms with E-state index in [1.807, 2.05) is 44.2 Å². The van der Waals surface area contributed by atoms with Gasteiger partial charge in [0.1, 0.15) is 18.0 Å². The second-order valence-corrected chi connectivity index (χ2v) is 8.79. The third kappa shape index (κ3) is 5.44. The van der Waals surface area contributed by atoms with Crippen molar-refractivity contribution in [3.63, 3.8) is 0 Å². The van der Waals surface area contributed by atoms with E-state index >= 15 is 0 Å². The van der Waals surface area contributed by atoms with E-state index in [9.17, 15) is 9.59 Å². The molecule has 2 aliphatic heterocycles. The van der Waals surface area contributed by atoms with Crippen molar-refractivity contribution in [3.05, 3.63) is 48.0 Å². The lowest BCUT2D eigenvalue weighted by Crippen LogP contribution is -2.51. The van der Waals surface area contributed by atoms with Crippen LogP contribution in [-0.4, -0.2) is 75.7 Å². The number of benzene rings is 2. The monoisotopic (exact) mass is 466 g/mol. The third-order valence-corrected chi connectivity index (χ3v) is 6.45. The molecule has 182 valence electrons. The Kier molecular flexibility index (Phi) is 7.57. The maximum atomic E-state index is 12.9. The summed E-state index contributed by atoms with van der Waals surface area (Å²) in [6.45, 7) is 8.97. The molecule has 1 atom stereocenters. The van der Waals surface area contributed by atoms with Crippen LogP contribution in [0.1, 0.15) is 18.9 Å². The van der Waals surface area contributed by atoms with E-state index in [0.29, 0.717) is 24.4 Å². The molecule has 0 aromatic heterocycles. The molecule has 1 saturated heterocycles. The maximum Gasteiger partial charge on any atom is 0.268 e. The molecule has 1 fully saturated rings. The number of aryl methyl sites for hydroxylation is 1. The third-order valence-electron chi connectivity index (χ3n) is 6.45. The zero-order chi connectivity index (χ0) is 24.1. The van der Waals surface area contributed by atoms with Crippen LogP contribution < -0.4 is 24.6 Å². The van der Waals surface area contributed by atoms with Crippen molar-refractivity contribution in [1.82, 2.24) is 10.2 Å². The molecule has 8 nitrogen and oxygen atoms in total. The molecule has 0 radical (unpaired) electrons. The zero-order valence-corrected chi connectivity index (χ0v) is 20.3. The van der Waals surface area contributed by atoms with E-state index in [1.165, 1.54) is 5.69 Å². The largest absolute Gasteiger partial charge is 0.497 e. The highest BCUT2D eigenvalue weighted by Crippen LogP contribution is 2.35. The molecule has 1 unspecified atom stereocenters. The lowest BCUT2D eigenvalue weighted by molar-refractivity contribution is -0.129. The Morgan fingerprint density at radius 2 is 1.85 bits per heavy atom. The van der Waals surface area contributed by atoms with Crippen LogP contribution in [0.4, 0.5) is 11.4 Å². The predicted octanol–water partition coefficient (Wildman–Crippen LogP) is 2.45.